The van der Waals surface area contributed by atoms with Gasteiger partial charge in [0.2, 0.25) is 0 Å². The molecule has 0 aliphatic rings. The second kappa shape index (κ2) is 4.43. The molecule has 0 saturated carbocycles. The van der Waals surface area contributed by atoms with Crippen LogP contribution >= 0.6 is 0 Å². The minimum Gasteiger partial charge on any atom is -0.359 e. The van der Waals surface area contributed by atoms with Crippen molar-refractivity contribution in [3.05, 3.63) is 42.1 Å². The molecule has 0 fully saturated rings. The number of rotatable bonds is 4. The van der Waals surface area contributed by atoms with Gasteiger partial charge in [-0.1, -0.05) is 25.6 Å². The molecule has 0 amide bonds. The standard InChI is InChI=1S/C12H15F2N/c1-4-9(2)15-11-7-5-10(6-8-11)12(3,13)14/h5-8,15H,2,4H2,1,3H3. The van der Waals surface area contributed by atoms with Gasteiger partial charge in [0.05, 0.1) is 0 Å². The summed E-state index contributed by atoms with van der Waals surface area (Å²) < 4.78 is 25.8. The lowest BCUT2D eigenvalue weighted by Crippen LogP contribution is -2.06. The quantitative estimate of drug-likeness (QED) is 0.789. The molecular formula is C12H15F2N. The maximum Gasteiger partial charge on any atom is 0.270 e. The van der Waals surface area contributed by atoms with Crippen LogP contribution in [0.15, 0.2) is 36.5 Å². The number of benzene rings is 1. The van der Waals surface area contributed by atoms with Gasteiger partial charge in [-0.3, -0.25) is 0 Å². The summed E-state index contributed by atoms with van der Waals surface area (Å²) in [6.07, 6.45) is 0.811. The molecule has 15 heavy (non-hydrogen) atoms. The van der Waals surface area contributed by atoms with Gasteiger partial charge in [0, 0.05) is 23.9 Å². The topological polar surface area (TPSA) is 12.0 Å². The fourth-order valence-corrected chi connectivity index (χ4v) is 1.14. The van der Waals surface area contributed by atoms with Crippen LogP contribution in [0.3, 0.4) is 0 Å². The van der Waals surface area contributed by atoms with E-state index in [4.69, 9.17) is 0 Å². The molecule has 1 rings (SSSR count). The Morgan fingerprint density at radius 2 is 1.87 bits per heavy atom. The van der Waals surface area contributed by atoms with E-state index in [1.54, 1.807) is 12.1 Å². The van der Waals surface area contributed by atoms with Crippen molar-refractivity contribution in [2.75, 3.05) is 5.32 Å². The molecule has 0 saturated heterocycles. The predicted molar refractivity (Wildman–Crippen MR) is 59.1 cm³/mol. The molecule has 1 nitrogen and oxygen atoms in total. The van der Waals surface area contributed by atoms with Crippen LogP contribution in [-0.4, -0.2) is 0 Å². The van der Waals surface area contributed by atoms with Crippen LogP contribution in [0.4, 0.5) is 14.5 Å². The molecule has 0 unspecified atom stereocenters. The van der Waals surface area contributed by atoms with Crippen molar-refractivity contribution in [1.82, 2.24) is 0 Å². The molecule has 3 heteroatoms. The fraction of sp³-hybridized carbons (Fsp3) is 0.333. The normalized spacial score (nSPS) is 11.2. The average Bonchev–Trinajstić information content (AvgIpc) is 2.17. The Morgan fingerprint density at radius 3 is 2.27 bits per heavy atom. The maximum absolute atomic E-state index is 12.9. The lowest BCUT2D eigenvalue weighted by atomic mass is 10.1. The summed E-state index contributed by atoms with van der Waals surface area (Å²) in [5.74, 6) is -2.78. The summed E-state index contributed by atoms with van der Waals surface area (Å²) in [7, 11) is 0. The third-order valence-electron chi connectivity index (χ3n) is 2.14. The first-order valence-electron chi connectivity index (χ1n) is 4.86. The molecule has 1 aromatic carbocycles. The second-order valence-electron chi connectivity index (χ2n) is 3.55. The van der Waals surface area contributed by atoms with Crippen molar-refractivity contribution in [3.8, 4) is 0 Å². The van der Waals surface area contributed by atoms with Crippen molar-refractivity contribution in [2.24, 2.45) is 0 Å². The smallest absolute Gasteiger partial charge is 0.270 e. The molecule has 0 aliphatic heterocycles. The molecular weight excluding hydrogens is 196 g/mol. The van der Waals surface area contributed by atoms with Gasteiger partial charge in [-0.25, -0.2) is 8.78 Å². The number of anilines is 1. The van der Waals surface area contributed by atoms with Gasteiger partial charge >= 0.3 is 0 Å². The van der Waals surface area contributed by atoms with Gasteiger partial charge in [-0.15, -0.1) is 0 Å². The Labute approximate surface area is 88.8 Å². The molecule has 0 aromatic heterocycles. The second-order valence-corrected chi connectivity index (χ2v) is 3.55. The van der Waals surface area contributed by atoms with Crippen LogP contribution in [0, 0.1) is 0 Å². The SMILES string of the molecule is C=C(CC)Nc1ccc(C(C)(F)F)cc1. The van der Waals surface area contributed by atoms with E-state index in [1.807, 2.05) is 6.92 Å². The van der Waals surface area contributed by atoms with E-state index in [0.29, 0.717) is 0 Å². The fourth-order valence-electron chi connectivity index (χ4n) is 1.14. The van der Waals surface area contributed by atoms with Crippen LogP contribution in [0.1, 0.15) is 25.8 Å². The van der Waals surface area contributed by atoms with E-state index >= 15 is 0 Å². The van der Waals surface area contributed by atoms with Crippen LogP contribution in [0.5, 0.6) is 0 Å². The van der Waals surface area contributed by atoms with Gasteiger partial charge in [-0.2, -0.15) is 0 Å². The lowest BCUT2D eigenvalue weighted by Gasteiger charge is -2.12. The molecule has 0 bridgehead atoms. The van der Waals surface area contributed by atoms with Gasteiger partial charge in [0.15, 0.2) is 0 Å². The monoisotopic (exact) mass is 211 g/mol. The number of alkyl halides is 2. The third kappa shape index (κ3) is 3.35. The largest absolute Gasteiger partial charge is 0.359 e. The summed E-state index contributed by atoms with van der Waals surface area (Å²) in [6, 6.07) is 6.11. The minimum atomic E-state index is -2.78. The third-order valence-corrected chi connectivity index (χ3v) is 2.14. The Balaban J connectivity index is 2.77. The Kier molecular flexibility index (Phi) is 3.45. The van der Waals surface area contributed by atoms with Gasteiger partial charge in [0.25, 0.3) is 5.92 Å². The van der Waals surface area contributed by atoms with Crippen molar-refractivity contribution in [3.63, 3.8) is 0 Å². The maximum atomic E-state index is 12.9. The highest BCUT2D eigenvalue weighted by Crippen LogP contribution is 2.27. The molecule has 0 radical (unpaired) electrons. The van der Waals surface area contributed by atoms with Crippen LogP contribution in [0.25, 0.3) is 0 Å². The lowest BCUT2D eigenvalue weighted by molar-refractivity contribution is 0.0175. The van der Waals surface area contributed by atoms with E-state index in [9.17, 15) is 8.78 Å². The zero-order valence-corrected chi connectivity index (χ0v) is 8.98. The van der Waals surface area contributed by atoms with Crippen molar-refractivity contribution in [2.45, 2.75) is 26.2 Å². The Bertz CT molecular complexity index is 336. The highest BCUT2D eigenvalue weighted by molar-refractivity contribution is 5.49. The van der Waals surface area contributed by atoms with Crippen molar-refractivity contribution >= 4 is 5.69 Å². The number of hydrogen-bond donors (Lipinski definition) is 1. The van der Waals surface area contributed by atoms with E-state index in [0.717, 1.165) is 24.7 Å². The zero-order chi connectivity index (χ0) is 11.5. The molecule has 0 aliphatic carbocycles. The van der Waals surface area contributed by atoms with Crippen LogP contribution in [-0.2, 0) is 5.92 Å². The first-order valence-corrected chi connectivity index (χ1v) is 4.86. The van der Waals surface area contributed by atoms with Gasteiger partial charge in [0.1, 0.15) is 0 Å². The van der Waals surface area contributed by atoms with Crippen molar-refractivity contribution in [1.29, 1.82) is 0 Å². The average molecular weight is 211 g/mol. The van der Waals surface area contributed by atoms with Gasteiger partial charge in [-0.05, 0) is 18.6 Å². The first kappa shape index (κ1) is 11.7. The van der Waals surface area contributed by atoms with E-state index < -0.39 is 5.92 Å². The molecule has 0 heterocycles. The summed E-state index contributed by atoms with van der Waals surface area (Å²) >= 11 is 0. The van der Waals surface area contributed by atoms with Crippen LogP contribution < -0.4 is 5.32 Å². The van der Waals surface area contributed by atoms with Crippen LogP contribution in [0.2, 0.25) is 0 Å². The highest BCUT2D eigenvalue weighted by Gasteiger charge is 2.23. The molecule has 1 aromatic rings. The van der Waals surface area contributed by atoms with Gasteiger partial charge < -0.3 is 5.32 Å². The molecule has 82 valence electrons. The predicted octanol–water partition coefficient (Wildman–Crippen LogP) is 4.13. The number of nitrogens with one attached hydrogen (secondary N) is 1. The van der Waals surface area contributed by atoms with E-state index in [1.165, 1.54) is 12.1 Å². The summed E-state index contributed by atoms with van der Waals surface area (Å²) in [5, 5.41) is 3.03. The Morgan fingerprint density at radius 1 is 1.33 bits per heavy atom. The molecule has 0 atom stereocenters. The summed E-state index contributed by atoms with van der Waals surface area (Å²) in [5.41, 5.74) is 1.68. The van der Waals surface area contributed by atoms with E-state index in [2.05, 4.69) is 11.9 Å². The highest BCUT2D eigenvalue weighted by atomic mass is 19.3. The Hall–Kier alpha value is -1.38. The summed E-state index contributed by atoms with van der Waals surface area (Å²) in [6.45, 7) is 6.65. The zero-order valence-electron chi connectivity index (χ0n) is 8.98. The van der Waals surface area contributed by atoms with E-state index in [-0.39, 0.29) is 5.56 Å². The minimum absolute atomic E-state index is 0.0233. The first-order chi connectivity index (χ1) is 6.93. The number of hydrogen-bond acceptors (Lipinski definition) is 1. The molecule has 0 spiro atoms. The molecule has 1 N–H and O–H groups in total. The number of halogens is 2. The number of allylic oxidation sites excluding steroid dienone is 1. The summed E-state index contributed by atoms with van der Waals surface area (Å²) in [4.78, 5) is 0. The van der Waals surface area contributed by atoms with Crippen molar-refractivity contribution < 1.29 is 8.78 Å².